The van der Waals surface area contributed by atoms with Crippen molar-refractivity contribution in [1.29, 1.82) is 0 Å². The van der Waals surface area contributed by atoms with E-state index in [-0.39, 0.29) is 0 Å². The first-order chi connectivity index (χ1) is 11.7. The van der Waals surface area contributed by atoms with Crippen LogP contribution < -0.4 is 9.75 Å². The van der Waals surface area contributed by atoms with E-state index >= 15 is 0 Å². The third-order valence-corrected chi connectivity index (χ3v) is 7.08. The van der Waals surface area contributed by atoms with Gasteiger partial charge in [0, 0.05) is 11.6 Å². The van der Waals surface area contributed by atoms with Gasteiger partial charge >= 0.3 is 0 Å². The third kappa shape index (κ3) is 3.10. The Morgan fingerprint density at radius 3 is 2.36 bits per heavy atom. The van der Waals surface area contributed by atoms with E-state index in [9.17, 15) is 0 Å². The number of aromatic nitrogens is 1. The van der Waals surface area contributed by atoms with E-state index in [0.29, 0.717) is 5.69 Å². The molecule has 1 heterocycles. The maximum absolute atomic E-state index is 7.41. The zero-order valence-electron chi connectivity index (χ0n) is 15.9. The molecule has 3 aromatic rings. The Morgan fingerprint density at radius 1 is 1.00 bits per heavy atom. The molecule has 0 spiro atoms. The summed E-state index contributed by atoms with van der Waals surface area (Å²) in [5, 5.41) is 4.00. The molecule has 0 N–H and O–H groups in total. The van der Waals surface area contributed by atoms with Crippen molar-refractivity contribution in [2.24, 2.45) is 7.05 Å². The molecule has 1 aromatic heterocycles. The lowest BCUT2D eigenvalue weighted by atomic mass is 9.96. The molecular weight excluding hydrogens is 320 g/mol. The number of hydrogen-bond acceptors (Lipinski definition) is 0. The molecule has 0 aliphatic carbocycles. The van der Waals surface area contributed by atoms with E-state index in [4.69, 9.17) is 6.57 Å². The number of fused-ring (bicyclic) bond motifs is 1. The summed E-state index contributed by atoms with van der Waals surface area (Å²) in [6.07, 6.45) is 2.13. The summed E-state index contributed by atoms with van der Waals surface area (Å²) in [4.78, 5) is 3.66. The summed E-state index contributed by atoms with van der Waals surface area (Å²) in [5.74, 6) is 0. The number of nitrogens with zero attached hydrogens (tertiary/aromatic N) is 2. The van der Waals surface area contributed by atoms with Crippen LogP contribution in [-0.2, 0) is 7.05 Å². The van der Waals surface area contributed by atoms with Crippen molar-refractivity contribution in [3.63, 3.8) is 0 Å². The largest absolute Gasteiger partial charge is 0.238 e. The summed E-state index contributed by atoms with van der Waals surface area (Å²) < 4.78 is 2.17. The van der Waals surface area contributed by atoms with Gasteiger partial charge in [0.05, 0.1) is 20.0 Å². The number of pyridine rings is 1. The fraction of sp³-hybridized carbons (Fsp3) is 0.273. The maximum Gasteiger partial charge on any atom is 0.219 e. The molecule has 0 aliphatic rings. The van der Waals surface area contributed by atoms with Gasteiger partial charge in [-0.1, -0.05) is 48.6 Å². The van der Waals surface area contributed by atoms with Crippen LogP contribution in [0.3, 0.4) is 0 Å². The Bertz CT molecular complexity index is 1020. The molecule has 25 heavy (non-hydrogen) atoms. The van der Waals surface area contributed by atoms with E-state index < -0.39 is 8.07 Å². The molecule has 0 unspecified atom stereocenters. The normalized spacial score (nSPS) is 11.6. The lowest BCUT2D eigenvalue weighted by molar-refractivity contribution is -0.659. The van der Waals surface area contributed by atoms with Gasteiger partial charge in [0.25, 0.3) is 0 Å². The first-order valence-electron chi connectivity index (χ1n) is 8.64. The van der Waals surface area contributed by atoms with E-state index in [1.165, 1.54) is 32.8 Å². The first kappa shape index (κ1) is 17.4. The highest BCUT2D eigenvalue weighted by molar-refractivity contribution is 6.88. The van der Waals surface area contributed by atoms with Gasteiger partial charge in [0.2, 0.25) is 5.69 Å². The Balaban J connectivity index is 2.36. The molecule has 0 atom stereocenters. The minimum absolute atomic E-state index is 0.703. The summed E-state index contributed by atoms with van der Waals surface area (Å²) in [7, 11) is 0.742. The molecule has 2 nitrogen and oxygen atoms in total. The van der Waals surface area contributed by atoms with Gasteiger partial charge in [0.15, 0.2) is 11.9 Å². The maximum atomic E-state index is 7.41. The van der Waals surface area contributed by atoms with Gasteiger partial charge in [-0.25, -0.2) is 9.41 Å². The van der Waals surface area contributed by atoms with Gasteiger partial charge in [-0.05, 0) is 36.9 Å². The van der Waals surface area contributed by atoms with Crippen molar-refractivity contribution in [2.75, 3.05) is 0 Å². The molecule has 2 aromatic carbocycles. The van der Waals surface area contributed by atoms with Crippen LogP contribution in [-0.4, -0.2) is 8.07 Å². The molecule has 3 rings (SSSR count). The molecule has 0 radical (unpaired) electrons. The highest BCUT2D eigenvalue weighted by atomic mass is 28.3. The standard InChI is InChI=1S/C22H25N2Si/c1-15-12-18(23-3)14-21(16(15)2)22-20-9-8-19(25(5,6)7)13-17(20)10-11-24(22)4/h8-14H,1-2,4-7H3/q+1. The number of hydrogen-bond donors (Lipinski definition) is 0. The van der Waals surface area contributed by atoms with Gasteiger partial charge in [-0.15, -0.1) is 0 Å². The highest BCUT2D eigenvalue weighted by Crippen LogP contribution is 2.32. The second-order valence-corrected chi connectivity index (χ2v) is 13.0. The van der Waals surface area contributed by atoms with Gasteiger partial charge in [-0.2, -0.15) is 0 Å². The Hall–Kier alpha value is -2.44. The second-order valence-electron chi connectivity index (χ2n) is 7.87. The molecule has 0 amide bonds. The van der Waals surface area contributed by atoms with Crippen molar-refractivity contribution in [2.45, 2.75) is 33.5 Å². The molecule has 0 aliphatic heterocycles. The Labute approximate surface area is 151 Å². The van der Waals surface area contributed by atoms with E-state index in [2.05, 4.69) is 80.4 Å². The van der Waals surface area contributed by atoms with Crippen LogP contribution in [0, 0.1) is 20.4 Å². The molecule has 0 fully saturated rings. The van der Waals surface area contributed by atoms with Crippen LogP contribution >= 0.6 is 0 Å². The highest BCUT2D eigenvalue weighted by Gasteiger charge is 2.21. The van der Waals surface area contributed by atoms with E-state index in [1.807, 2.05) is 12.1 Å². The van der Waals surface area contributed by atoms with E-state index in [1.54, 1.807) is 0 Å². The monoisotopic (exact) mass is 345 g/mol. The van der Waals surface area contributed by atoms with Crippen LogP contribution in [0.15, 0.2) is 42.6 Å². The average Bonchev–Trinajstić information content (AvgIpc) is 2.56. The second kappa shape index (κ2) is 6.13. The van der Waals surface area contributed by atoms with Crippen molar-refractivity contribution in [3.05, 3.63) is 65.1 Å². The lowest BCUT2D eigenvalue weighted by Gasteiger charge is -2.17. The van der Waals surface area contributed by atoms with Gasteiger partial charge < -0.3 is 0 Å². The predicted molar refractivity (Wildman–Crippen MR) is 109 cm³/mol. The molecular formula is C22H25N2Si+. The first-order valence-corrected chi connectivity index (χ1v) is 12.1. The Kier molecular flexibility index (Phi) is 4.26. The van der Waals surface area contributed by atoms with Gasteiger partial charge in [0.1, 0.15) is 7.05 Å². The quantitative estimate of drug-likeness (QED) is 0.349. The van der Waals surface area contributed by atoms with E-state index in [0.717, 1.165) is 5.56 Å². The van der Waals surface area contributed by atoms with Crippen LogP contribution in [0.1, 0.15) is 11.1 Å². The molecule has 0 saturated carbocycles. The summed E-state index contributed by atoms with van der Waals surface area (Å²) in [5.41, 5.74) is 5.45. The molecule has 0 saturated heterocycles. The summed E-state index contributed by atoms with van der Waals surface area (Å²) >= 11 is 0. The van der Waals surface area contributed by atoms with Crippen molar-refractivity contribution >= 4 is 29.7 Å². The minimum atomic E-state index is -1.34. The molecule has 3 heteroatoms. The lowest BCUT2D eigenvalue weighted by Crippen LogP contribution is -2.37. The summed E-state index contributed by atoms with van der Waals surface area (Å²) in [6.45, 7) is 18.8. The van der Waals surface area contributed by atoms with Crippen LogP contribution in [0.5, 0.6) is 0 Å². The van der Waals surface area contributed by atoms with Crippen LogP contribution in [0.4, 0.5) is 5.69 Å². The SMILES string of the molecule is [C-]#[N+]c1cc(C)c(C)c(-c2c3ccc([Si](C)(C)C)cc3cc[n+]2C)c1. The van der Waals surface area contributed by atoms with Crippen LogP contribution in [0.2, 0.25) is 19.6 Å². The average molecular weight is 346 g/mol. The zero-order chi connectivity index (χ0) is 18.4. The molecule has 126 valence electrons. The number of aryl methyl sites for hydroxylation is 2. The van der Waals surface area contributed by atoms with Gasteiger partial charge in [-0.3, -0.25) is 0 Å². The fourth-order valence-corrected chi connectivity index (χ4v) is 4.50. The zero-order valence-corrected chi connectivity index (χ0v) is 16.9. The smallest absolute Gasteiger partial charge is 0.219 e. The van der Waals surface area contributed by atoms with Crippen molar-refractivity contribution < 1.29 is 4.57 Å². The molecule has 0 bridgehead atoms. The number of rotatable bonds is 2. The number of benzene rings is 2. The van der Waals surface area contributed by atoms with Crippen LogP contribution in [0.25, 0.3) is 26.9 Å². The predicted octanol–water partition coefficient (Wildman–Crippen LogP) is 5.04. The Morgan fingerprint density at radius 2 is 1.72 bits per heavy atom. The van der Waals surface area contributed by atoms with Crippen molar-refractivity contribution in [1.82, 2.24) is 0 Å². The fourth-order valence-electron chi connectivity index (χ4n) is 3.33. The topological polar surface area (TPSA) is 8.24 Å². The third-order valence-electron chi connectivity index (χ3n) is 5.04. The minimum Gasteiger partial charge on any atom is -0.238 e. The van der Waals surface area contributed by atoms with Crippen molar-refractivity contribution in [3.8, 4) is 11.3 Å². The summed E-state index contributed by atoms with van der Waals surface area (Å²) in [6, 6.07) is 13.1.